The molecule has 4 saturated carbocycles. The number of hydrogen-bond acceptors (Lipinski definition) is 2. The van der Waals surface area contributed by atoms with Crippen LogP contribution in [0.25, 0.3) is 11.0 Å². The van der Waals surface area contributed by atoms with Crippen LogP contribution in [0.3, 0.4) is 0 Å². The lowest BCUT2D eigenvalue weighted by molar-refractivity contribution is -0.0208. The summed E-state index contributed by atoms with van der Waals surface area (Å²) in [6.07, 6.45) is 8.72. The summed E-state index contributed by atoms with van der Waals surface area (Å²) < 4.78 is 0. The Morgan fingerprint density at radius 1 is 1.14 bits per heavy atom. The van der Waals surface area contributed by atoms with Crippen molar-refractivity contribution in [2.75, 3.05) is 0 Å². The van der Waals surface area contributed by atoms with Crippen LogP contribution in [0.2, 0.25) is 0 Å². The normalized spacial score (nSPS) is 36.3. The van der Waals surface area contributed by atoms with Gasteiger partial charge in [0, 0.05) is 5.54 Å². The highest BCUT2D eigenvalue weighted by Crippen LogP contribution is 2.55. The van der Waals surface area contributed by atoms with Crippen molar-refractivity contribution >= 4 is 11.0 Å². The zero-order valence-electron chi connectivity index (χ0n) is 13.4. The van der Waals surface area contributed by atoms with E-state index in [2.05, 4.69) is 35.4 Å². The van der Waals surface area contributed by atoms with E-state index in [9.17, 15) is 0 Å². The number of nitrogens with zero attached hydrogens (tertiary/aromatic N) is 1. The second-order valence-electron chi connectivity index (χ2n) is 8.21. The Labute approximate surface area is 131 Å². The van der Waals surface area contributed by atoms with Gasteiger partial charge in [0.1, 0.15) is 5.82 Å². The third-order valence-corrected chi connectivity index (χ3v) is 6.43. The van der Waals surface area contributed by atoms with Gasteiger partial charge in [0.05, 0.1) is 17.6 Å². The number of hydrogen-bond donors (Lipinski definition) is 2. The standard InChI is InChI=1S/C19H25N3/c1-12-3-2-4-16-18(12)22-17(21-16)11-20-19-8-13-5-14(9-19)7-15(6-13)10-19/h2-4,13-15,20H,5-11H2,1H3,(H,21,22). The number of H-pyrrole nitrogens is 1. The molecule has 0 radical (unpaired) electrons. The molecule has 0 unspecified atom stereocenters. The van der Waals surface area contributed by atoms with E-state index in [4.69, 9.17) is 4.98 Å². The molecule has 1 aromatic heterocycles. The largest absolute Gasteiger partial charge is 0.341 e. The summed E-state index contributed by atoms with van der Waals surface area (Å²) in [5.41, 5.74) is 3.98. The van der Waals surface area contributed by atoms with Crippen LogP contribution < -0.4 is 5.32 Å². The van der Waals surface area contributed by atoms with Gasteiger partial charge >= 0.3 is 0 Å². The molecular weight excluding hydrogens is 270 g/mol. The minimum absolute atomic E-state index is 0.419. The van der Waals surface area contributed by atoms with Crippen molar-refractivity contribution in [2.24, 2.45) is 17.8 Å². The fourth-order valence-corrected chi connectivity index (χ4v) is 5.91. The van der Waals surface area contributed by atoms with Crippen LogP contribution >= 0.6 is 0 Å². The molecule has 1 heterocycles. The van der Waals surface area contributed by atoms with Gasteiger partial charge in [0.2, 0.25) is 0 Å². The van der Waals surface area contributed by atoms with Gasteiger partial charge in [-0.3, -0.25) is 0 Å². The second-order valence-corrected chi connectivity index (χ2v) is 8.21. The number of fused-ring (bicyclic) bond motifs is 1. The molecule has 4 bridgehead atoms. The monoisotopic (exact) mass is 295 g/mol. The Balaban J connectivity index is 1.37. The highest BCUT2D eigenvalue weighted by atomic mass is 15.0. The first-order chi connectivity index (χ1) is 10.7. The lowest BCUT2D eigenvalue weighted by Crippen LogP contribution is -2.58. The predicted molar refractivity (Wildman–Crippen MR) is 88.6 cm³/mol. The van der Waals surface area contributed by atoms with Crippen molar-refractivity contribution in [1.82, 2.24) is 15.3 Å². The van der Waals surface area contributed by atoms with Gasteiger partial charge in [-0.15, -0.1) is 0 Å². The Morgan fingerprint density at radius 3 is 2.45 bits per heavy atom. The molecular formula is C19H25N3. The maximum atomic E-state index is 4.81. The summed E-state index contributed by atoms with van der Waals surface area (Å²) in [5, 5.41) is 3.93. The lowest BCUT2D eigenvalue weighted by atomic mass is 9.53. The molecule has 3 nitrogen and oxygen atoms in total. The Bertz CT molecular complexity index is 679. The third kappa shape index (κ3) is 2.02. The van der Waals surface area contributed by atoms with Gasteiger partial charge in [-0.2, -0.15) is 0 Å². The maximum absolute atomic E-state index is 4.81. The molecule has 4 aliphatic rings. The number of aromatic nitrogens is 2. The Morgan fingerprint density at radius 2 is 1.82 bits per heavy atom. The minimum atomic E-state index is 0.419. The molecule has 4 fully saturated rings. The van der Waals surface area contributed by atoms with Crippen molar-refractivity contribution in [3.63, 3.8) is 0 Å². The quantitative estimate of drug-likeness (QED) is 0.900. The molecule has 0 amide bonds. The molecule has 22 heavy (non-hydrogen) atoms. The molecule has 4 aliphatic carbocycles. The van der Waals surface area contributed by atoms with E-state index in [0.717, 1.165) is 35.6 Å². The van der Waals surface area contributed by atoms with Gasteiger partial charge < -0.3 is 10.3 Å². The van der Waals surface area contributed by atoms with Crippen LogP contribution in [0.15, 0.2) is 18.2 Å². The van der Waals surface area contributed by atoms with Crippen molar-refractivity contribution in [1.29, 1.82) is 0 Å². The fourth-order valence-electron chi connectivity index (χ4n) is 5.91. The topological polar surface area (TPSA) is 40.7 Å². The highest BCUT2D eigenvalue weighted by molar-refractivity contribution is 5.78. The SMILES string of the molecule is Cc1cccc2[nH]c(CNC34CC5CC(CC(C5)C3)C4)nc12. The number of imidazole rings is 1. The second kappa shape index (κ2) is 4.58. The number of para-hydroxylation sites is 1. The van der Waals surface area contributed by atoms with Crippen molar-refractivity contribution in [2.45, 2.75) is 57.5 Å². The smallest absolute Gasteiger partial charge is 0.121 e. The minimum Gasteiger partial charge on any atom is -0.341 e. The average Bonchev–Trinajstić information content (AvgIpc) is 2.88. The molecule has 0 atom stereocenters. The first-order valence-electron chi connectivity index (χ1n) is 8.88. The summed E-state index contributed by atoms with van der Waals surface area (Å²) in [7, 11) is 0. The molecule has 2 N–H and O–H groups in total. The van der Waals surface area contributed by atoms with E-state index >= 15 is 0 Å². The number of nitrogens with one attached hydrogen (secondary N) is 2. The lowest BCUT2D eigenvalue weighted by Gasteiger charge is -2.57. The van der Waals surface area contributed by atoms with E-state index in [1.165, 1.54) is 49.6 Å². The summed E-state index contributed by atoms with van der Waals surface area (Å²) in [6.45, 7) is 3.03. The van der Waals surface area contributed by atoms with Gasteiger partial charge in [0.15, 0.2) is 0 Å². The molecule has 1 aromatic carbocycles. The van der Waals surface area contributed by atoms with E-state index in [-0.39, 0.29) is 0 Å². The molecule has 0 saturated heterocycles. The highest BCUT2D eigenvalue weighted by Gasteiger charge is 2.50. The third-order valence-electron chi connectivity index (χ3n) is 6.43. The molecule has 3 heteroatoms. The molecule has 0 spiro atoms. The van der Waals surface area contributed by atoms with Crippen molar-refractivity contribution in [3.8, 4) is 0 Å². The molecule has 116 valence electrons. The zero-order chi connectivity index (χ0) is 14.7. The number of aryl methyl sites for hydroxylation is 1. The summed E-state index contributed by atoms with van der Waals surface area (Å²) >= 11 is 0. The van der Waals surface area contributed by atoms with Crippen molar-refractivity contribution < 1.29 is 0 Å². The Hall–Kier alpha value is -1.35. The van der Waals surface area contributed by atoms with Crippen LogP contribution in [0.4, 0.5) is 0 Å². The van der Waals surface area contributed by atoms with E-state index in [1.54, 1.807) is 0 Å². The molecule has 6 rings (SSSR count). The summed E-state index contributed by atoms with van der Waals surface area (Å²) in [5.74, 6) is 4.09. The van der Waals surface area contributed by atoms with Gasteiger partial charge in [-0.1, -0.05) is 12.1 Å². The Kier molecular flexibility index (Phi) is 2.73. The average molecular weight is 295 g/mol. The van der Waals surface area contributed by atoms with Crippen LogP contribution in [-0.4, -0.2) is 15.5 Å². The fraction of sp³-hybridized carbons (Fsp3) is 0.632. The van der Waals surface area contributed by atoms with Crippen LogP contribution in [0, 0.1) is 24.7 Å². The number of aromatic amines is 1. The van der Waals surface area contributed by atoms with Gasteiger partial charge in [-0.25, -0.2) is 4.98 Å². The van der Waals surface area contributed by atoms with Crippen molar-refractivity contribution in [3.05, 3.63) is 29.6 Å². The first-order valence-corrected chi connectivity index (χ1v) is 8.88. The molecule has 0 aliphatic heterocycles. The van der Waals surface area contributed by atoms with E-state index < -0.39 is 0 Å². The zero-order valence-corrected chi connectivity index (χ0v) is 13.4. The summed E-state index contributed by atoms with van der Waals surface area (Å²) in [4.78, 5) is 8.31. The van der Waals surface area contributed by atoms with Crippen LogP contribution in [0.5, 0.6) is 0 Å². The number of rotatable bonds is 3. The molecule has 2 aromatic rings. The van der Waals surface area contributed by atoms with E-state index in [1.807, 2.05) is 0 Å². The first kappa shape index (κ1) is 13.1. The van der Waals surface area contributed by atoms with Gasteiger partial charge in [-0.05, 0) is 74.8 Å². The number of benzene rings is 1. The predicted octanol–water partition coefficient (Wildman–Crippen LogP) is 3.93. The summed E-state index contributed by atoms with van der Waals surface area (Å²) in [6, 6.07) is 6.37. The maximum Gasteiger partial charge on any atom is 0.121 e. The van der Waals surface area contributed by atoms with E-state index in [0.29, 0.717) is 5.54 Å². The van der Waals surface area contributed by atoms with Crippen LogP contribution in [0.1, 0.15) is 49.9 Å². The van der Waals surface area contributed by atoms with Gasteiger partial charge in [0.25, 0.3) is 0 Å². The van der Waals surface area contributed by atoms with Crippen LogP contribution in [-0.2, 0) is 6.54 Å².